The zero-order valence-electron chi connectivity index (χ0n) is 20.5. The molecule has 0 saturated heterocycles. The van der Waals surface area contributed by atoms with Gasteiger partial charge in [0.05, 0.1) is 5.54 Å². The zero-order valence-corrected chi connectivity index (χ0v) is 25.5. The molecule has 0 radical (unpaired) electrons. The summed E-state index contributed by atoms with van der Waals surface area (Å²) in [5, 5.41) is 0. The molecule has 0 aliphatic carbocycles. The Bertz CT molecular complexity index is 622. The molecule has 1 atom stereocenters. The van der Waals surface area contributed by atoms with E-state index in [1.165, 1.54) is 20.8 Å². The van der Waals surface area contributed by atoms with Crippen molar-refractivity contribution in [1.82, 2.24) is 0 Å². The first-order valence-electron chi connectivity index (χ1n) is 10.0. The van der Waals surface area contributed by atoms with Gasteiger partial charge in [-0.25, -0.2) is 0 Å². The molecular weight excluding hydrogens is 517 g/mol. The average Bonchev–Trinajstić information content (AvgIpc) is 2.46. The van der Waals surface area contributed by atoms with Gasteiger partial charge in [-0.15, -0.1) is 0 Å². The molecule has 0 spiro atoms. The van der Waals surface area contributed by atoms with E-state index in [1.54, 1.807) is 39.3 Å². The SMILES string of the molecule is CC(C)(C)CC(C(F)(F)C(F)(F)C(F)(F)C(C)(F)F)[Si](O[SiH3])(O[Si](C)(C)C)O[Si](C)(C)C. The predicted octanol–water partition coefficient (Wildman–Crippen LogP) is 6.29. The van der Waals surface area contributed by atoms with Gasteiger partial charge in [-0.05, 0) is 51.1 Å². The van der Waals surface area contributed by atoms with E-state index in [0.717, 1.165) is 0 Å². The van der Waals surface area contributed by atoms with Gasteiger partial charge in [0.2, 0.25) is 0 Å². The molecule has 0 fully saturated rings. The van der Waals surface area contributed by atoms with Crippen molar-refractivity contribution in [3.63, 3.8) is 0 Å². The van der Waals surface area contributed by atoms with Crippen molar-refractivity contribution in [2.24, 2.45) is 5.41 Å². The molecule has 0 aliphatic rings. The van der Waals surface area contributed by atoms with Crippen molar-refractivity contribution in [3.8, 4) is 0 Å². The Labute approximate surface area is 191 Å². The number of hydrogen-bond acceptors (Lipinski definition) is 3. The van der Waals surface area contributed by atoms with Crippen LogP contribution < -0.4 is 0 Å². The van der Waals surface area contributed by atoms with Gasteiger partial charge in [0.1, 0.15) is 10.5 Å². The summed E-state index contributed by atoms with van der Waals surface area (Å²) in [5.41, 5.74) is -3.77. The number of rotatable bonds is 11. The number of halogens is 8. The summed E-state index contributed by atoms with van der Waals surface area (Å²) in [5.74, 6) is -23.8. The Morgan fingerprint density at radius 1 is 0.688 bits per heavy atom. The molecule has 0 rings (SSSR count). The molecule has 3 nitrogen and oxygen atoms in total. The molecule has 0 heterocycles. The van der Waals surface area contributed by atoms with Crippen LogP contribution in [0.25, 0.3) is 0 Å². The van der Waals surface area contributed by atoms with Crippen molar-refractivity contribution < 1.29 is 47.5 Å². The van der Waals surface area contributed by atoms with Gasteiger partial charge < -0.3 is 12.3 Å². The third-order valence-electron chi connectivity index (χ3n) is 4.23. The first kappa shape index (κ1) is 32.2. The molecule has 0 aromatic heterocycles. The summed E-state index contributed by atoms with van der Waals surface area (Å²) >= 11 is 0. The summed E-state index contributed by atoms with van der Waals surface area (Å²) in [6, 6.07) is 0. The largest absolute Gasteiger partial charge is 0.478 e. The molecule has 0 aromatic carbocycles. The maximum Gasteiger partial charge on any atom is 0.478 e. The second-order valence-corrected chi connectivity index (χ2v) is 24.8. The van der Waals surface area contributed by atoms with Crippen LogP contribution in [-0.4, -0.2) is 59.6 Å². The Morgan fingerprint density at radius 2 is 1.03 bits per heavy atom. The molecule has 0 saturated carbocycles. The first-order valence-corrected chi connectivity index (χ1v) is 19.5. The van der Waals surface area contributed by atoms with E-state index in [9.17, 15) is 26.3 Å². The van der Waals surface area contributed by atoms with Gasteiger partial charge in [0, 0.05) is 6.92 Å². The van der Waals surface area contributed by atoms with Gasteiger partial charge in [0.25, 0.3) is 0 Å². The molecule has 0 amide bonds. The lowest BCUT2D eigenvalue weighted by Gasteiger charge is -2.49. The minimum absolute atomic E-state index is 0.285. The van der Waals surface area contributed by atoms with Gasteiger partial charge in [0.15, 0.2) is 16.6 Å². The molecular formula is C17H36F8O3Si4. The van der Waals surface area contributed by atoms with Crippen LogP contribution in [0, 0.1) is 5.41 Å². The fourth-order valence-corrected chi connectivity index (χ4v) is 16.3. The summed E-state index contributed by atoms with van der Waals surface area (Å²) in [7, 11) is -10.7. The van der Waals surface area contributed by atoms with E-state index in [1.807, 2.05) is 0 Å². The van der Waals surface area contributed by atoms with Crippen LogP contribution in [0.4, 0.5) is 35.1 Å². The standard InChI is InChI=1S/C17H36F8O3Si4/c1-13(2,3)11-12(15(20,21)17(24,25)16(22,23)14(4,18)19)32(26-29,27-30(5,6)7)28-31(8,9)10/h12H,11H2,1-10,29H3. The number of hydrogen-bond donors (Lipinski definition) is 0. The highest BCUT2D eigenvalue weighted by molar-refractivity contribution is 6.87. The molecule has 0 bridgehead atoms. The van der Waals surface area contributed by atoms with Gasteiger partial charge in [-0.1, -0.05) is 20.8 Å². The van der Waals surface area contributed by atoms with Crippen LogP contribution in [-0.2, 0) is 12.3 Å². The van der Waals surface area contributed by atoms with E-state index in [4.69, 9.17) is 12.3 Å². The second kappa shape index (κ2) is 9.33. The van der Waals surface area contributed by atoms with Crippen molar-refractivity contribution in [3.05, 3.63) is 0 Å². The van der Waals surface area contributed by atoms with Crippen molar-refractivity contribution >= 4 is 35.9 Å². The highest BCUT2D eigenvalue weighted by Crippen LogP contribution is 2.60. The number of alkyl halides is 8. The lowest BCUT2D eigenvalue weighted by atomic mass is 9.85. The maximum absolute atomic E-state index is 15.5. The van der Waals surface area contributed by atoms with Crippen LogP contribution in [0.5, 0.6) is 0 Å². The summed E-state index contributed by atoms with van der Waals surface area (Å²) in [6.45, 7) is 13.3. The van der Waals surface area contributed by atoms with E-state index in [-0.39, 0.29) is 10.5 Å². The Kier molecular flexibility index (Phi) is 9.39. The van der Waals surface area contributed by atoms with E-state index in [0.29, 0.717) is 0 Å². The minimum Gasteiger partial charge on any atom is -0.425 e. The lowest BCUT2D eigenvalue weighted by Crippen LogP contribution is -2.69. The Hall–Kier alpha value is 0.188. The van der Waals surface area contributed by atoms with Crippen molar-refractivity contribution in [2.75, 3.05) is 0 Å². The van der Waals surface area contributed by atoms with Crippen LogP contribution in [0.1, 0.15) is 34.1 Å². The van der Waals surface area contributed by atoms with E-state index < -0.39 is 73.4 Å². The van der Waals surface area contributed by atoms with Gasteiger partial charge >= 0.3 is 32.5 Å². The molecule has 0 N–H and O–H groups in total. The smallest absolute Gasteiger partial charge is 0.425 e. The van der Waals surface area contributed by atoms with Crippen LogP contribution in [0.15, 0.2) is 0 Å². The third-order valence-corrected chi connectivity index (χ3v) is 15.1. The minimum atomic E-state index is -6.40. The summed E-state index contributed by atoms with van der Waals surface area (Å²) in [4.78, 5) is 0. The first-order chi connectivity index (χ1) is 13.6. The van der Waals surface area contributed by atoms with E-state index in [2.05, 4.69) is 0 Å². The lowest BCUT2D eigenvalue weighted by molar-refractivity contribution is -0.364. The molecule has 0 aromatic rings. The quantitative estimate of drug-likeness (QED) is 0.223. The van der Waals surface area contributed by atoms with Crippen LogP contribution in [0.3, 0.4) is 0 Å². The zero-order chi connectivity index (χ0) is 26.4. The summed E-state index contributed by atoms with van der Waals surface area (Å²) < 4.78 is 133. The molecule has 15 heteroatoms. The van der Waals surface area contributed by atoms with Crippen LogP contribution in [0.2, 0.25) is 44.8 Å². The highest BCUT2D eigenvalue weighted by atomic mass is 28.5. The highest BCUT2D eigenvalue weighted by Gasteiger charge is 2.83. The topological polar surface area (TPSA) is 27.7 Å². The predicted molar refractivity (Wildman–Crippen MR) is 119 cm³/mol. The average molecular weight is 553 g/mol. The monoisotopic (exact) mass is 552 g/mol. The van der Waals surface area contributed by atoms with Crippen LogP contribution >= 0.6 is 0 Å². The van der Waals surface area contributed by atoms with Gasteiger partial charge in [-0.3, -0.25) is 0 Å². The maximum atomic E-state index is 15.5. The van der Waals surface area contributed by atoms with Crippen molar-refractivity contribution in [2.45, 2.75) is 103 Å². The Morgan fingerprint density at radius 3 is 1.25 bits per heavy atom. The van der Waals surface area contributed by atoms with E-state index >= 15 is 8.78 Å². The fourth-order valence-electron chi connectivity index (χ4n) is 3.03. The molecule has 1 unspecified atom stereocenters. The normalized spacial score (nSPS) is 17.1. The molecule has 194 valence electrons. The molecule has 32 heavy (non-hydrogen) atoms. The second-order valence-electron chi connectivity index (χ2n) is 11.2. The molecule has 0 aliphatic heterocycles. The Balaban J connectivity index is 7.19. The fraction of sp³-hybridized carbons (Fsp3) is 1.00. The van der Waals surface area contributed by atoms with Gasteiger partial charge in [-0.2, -0.15) is 35.1 Å². The third kappa shape index (κ3) is 7.34. The van der Waals surface area contributed by atoms with Crippen molar-refractivity contribution in [1.29, 1.82) is 0 Å². The summed E-state index contributed by atoms with van der Waals surface area (Å²) in [6.07, 6.45) is -0.773.